The SMILES string of the molecule is Nc1nc(C2Cc3ccccc32)nc(C2CCCC2)c1I. The third-order valence-electron chi connectivity index (χ3n) is 4.83. The molecular formula is C17H18IN3. The van der Waals surface area contributed by atoms with Crippen molar-refractivity contribution in [1.82, 2.24) is 9.97 Å². The molecule has 2 aromatic rings. The minimum atomic E-state index is 0.334. The molecule has 0 aliphatic heterocycles. The van der Waals surface area contributed by atoms with Crippen LogP contribution in [0.25, 0.3) is 0 Å². The molecule has 1 aromatic heterocycles. The van der Waals surface area contributed by atoms with Gasteiger partial charge in [-0.2, -0.15) is 0 Å². The molecule has 21 heavy (non-hydrogen) atoms. The Hall–Kier alpha value is -1.17. The lowest BCUT2D eigenvalue weighted by atomic mass is 9.77. The van der Waals surface area contributed by atoms with E-state index in [4.69, 9.17) is 10.7 Å². The average Bonchev–Trinajstić information content (AvgIpc) is 2.98. The number of nitrogens with two attached hydrogens (primary N) is 1. The predicted molar refractivity (Wildman–Crippen MR) is 92.4 cm³/mol. The van der Waals surface area contributed by atoms with Crippen LogP contribution in [-0.2, 0) is 6.42 Å². The minimum Gasteiger partial charge on any atom is -0.383 e. The molecule has 1 fully saturated rings. The largest absolute Gasteiger partial charge is 0.383 e. The van der Waals surface area contributed by atoms with E-state index in [1.54, 1.807) is 0 Å². The molecule has 1 atom stereocenters. The summed E-state index contributed by atoms with van der Waals surface area (Å²) < 4.78 is 1.07. The Balaban J connectivity index is 1.74. The van der Waals surface area contributed by atoms with Gasteiger partial charge in [-0.1, -0.05) is 37.1 Å². The summed E-state index contributed by atoms with van der Waals surface area (Å²) in [5.41, 5.74) is 10.2. The Morgan fingerprint density at radius 2 is 1.86 bits per heavy atom. The van der Waals surface area contributed by atoms with E-state index in [1.165, 1.54) is 42.5 Å². The van der Waals surface area contributed by atoms with Gasteiger partial charge in [0, 0.05) is 11.8 Å². The van der Waals surface area contributed by atoms with E-state index in [-0.39, 0.29) is 0 Å². The molecule has 2 aliphatic carbocycles. The number of halogens is 1. The van der Waals surface area contributed by atoms with Gasteiger partial charge in [-0.05, 0) is 53.0 Å². The van der Waals surface area contributed by atoms with Crippen molar-refractivity contribution in [3.8, 4) is 0 Å². The number of rotatable bonds is 2. The van der Waals surface area contributed by atoms with Crippen molar-refractivity contribution in [2.75, 3.05) is 5.73 Å². The van der Waals surface area contributed by atoms with Gasteiger partial charge in [0.05, 0.1) is 9.26 Å². The Bertz CT molecular complexity index is 692. The maximum Gasteiger partial charge on any atom is 0.140 e. The highest BCUT2D eigenvalue weighted by Crippen LogP contribution is 2.41. The second-order valence-electron chi connectivity index (χ2n) is 6.10. The van der Waals surface area contributed by atoms with Crippen molar-refractivity contribution in [1.29, 1.82) is 0 Å². The third kappa shape index (κ3) is 2.24. The number of fused-ring (bicyclic) bond motifs is 1. The van der Waals surface area contributed by atoms with Gasteiger partial charge < -0.3 is 5.73 Å². The molecule has 1 heterocycles. The van der Waals surface area contributed by atoms with Crippen LogP contribution in [0.1, 0.15) is 60.2 Å². The molecule has 108 valence electrons. The number of hydrogen-bond acceptors (Lipinski definition) is 3. The molecule has 0 radical (unpaired) electrons. The van der Waals surface area contributed by atoms with Gasteiger partial charge >= 0.3 is 0 Å². The molecule has 0 amide bonds. The zero-order valence-corrected chi connectivity index (χ0v) is 14.0. The van der Waals surface area contributed by atoms with Gasteiger partial charge in [0.2, 0.25) is 0 Å². The van der Waals surface area contributed by atoms with E-state index >= 15 is 0 Å². The quantitative estimate of drug-likeness (QED) is 0.788. The number of hydrogen-bond donors (Lipinski definition) is 1. The Morgan fingerprint density at radius 1 is 1.10 bits per heavy atom. The summed E-state index contributed by atoms with van der Waals surface area (Å²) in [6.07, 6.45) is 6.15. The summed E-state index contributed by atoms with van der Waals surface area (Å²) >= 11 is 2.31. The van der Waals surface area contributed by atoms with Crippen molar-refractivity contribution in [2.45, 2.75) is 43.9 Å². The second kappa shape index (κ2) is 5.23. The zero-order chi connectivity index (χ0) is 14.4. The maximum atomic E-state index is 6.17. The first kappa shape index (κ1) is 13.5. The molecule has 4 heteroatoms. The van der Waals surface area contributed by atoms with Gasteiger partial charge in [0.15, 0.2) is 0 Å². The number of benzene rings is 1. The molecule has 4 rings (SSSR count). The summed E-state index contributed by atoms with van der Waals surface area (Å²) in [6.45, 7) is 0. The summed E-state index contributed by atoms with van der Waals surface area (Å²) in [7, 11) is 0. The fraction of sp³-hybridized carbons (Fsp3) is 0.412. The summed E-state index contributed by atoms with van der Waals surface area (Å²) in [5.74, 6) is 2.50. The monoisotopic (exact) mass is 391 g/mol. The van der Waals surface area contributed by atoms with E-state index in [9.17, 15) is 0 Å². The van der Waals surface area contributed by atoms with Crippen molar-refractivity contribution in [3.63, 3.8) is 0 Å². The Morgan fingerprint density at radius 3 is 2.62 bits per heavy atom. The first-order chi connectivity index (χ1) is 10.2. The minimum absolute atomic E-state index is 0.334. The van der Waals surface area contributed by atoms with E-state index < -0.39 is 0 Å². The predicted octanol–water partition coefficient (Wildman–Crippen LogP) is 4.01. The summed E-state index contributed by atoms with van der Waals surface area (Å²) in [5, 5.41) is 0. The van der Waals surface area contributed by atoms with Crippen LogP contribution in [0.4, 0.5) is 5.82 Å². The van der Waals surface area contributed by atoms with Crippen molar-refractivity contribution in [2.24, 2.45) is 0 Å². The number of anilines is 1. The van der Waals surface area contributed by atoms with Crippen molar-refractivity contribution >= 4 is 28.4 Å². The number of nitrogen functional groups attached to an aromatic ring is 1. The second-order valence-corrected chi connectivity index (χ2v) is 7.18. The average molecular weight is 391 g/mol. The third-order valence-corrected chi connectivity index (χ3v) is 5.93. The highest BCUT2D eigenvalue weighted by molar-refractivity contribution is 14.1. The fourth-order valence-electron chi connectivity index (χ4n) is 3.62. The van der Waals surface area contributed by atoms with Crippen LogP contribution >= 0.6 is 22.6 Å². The standard InChI is InChI=1S/C17H18IN3/c18-14-15(10-5-1-2-6-10)20-17(21-16(14)19)13-9-11-7-3-4-8-12(11)13/h3-4,7-8,10,13H,1-2,5-6,9H2,(H2,19,20,21). The van der Waals surface area contributed by atoms with Crippen LogP contribution in [0.15, 0.2) is 24.3 Å². The van der Waals surface area contributed by atoms with E-state index in [1.807, 2.05) is 0 Å². The zero-order valence-electron chi connectivity index (χ0n) is 11.8. The normalized spacial score (nSPS) is 21.1. The topological polar surface area (TPSA) is 51.8 Å². The van der Waals surface area contributed by atoms with E-state index in [0.29, 0.717) is 17.7 Å². The maximum absolute atomic E-state index is 6.17. The van der Waals surface area contributed by atoms with Gasteiger partial charge in [-0.15, -0.1) is 0 Å². The van der Waals surface area contributed by atoms with Gasteiger partial charge in [-0.25, -0.2) is 9.97 Å². The van der Waals surface area contributed by atoms with Crippen LogP contribution in [-0.4, -0.2) is 9.97 Å². The Labute approximate surface area is 138 Å². The summed E-state index contributed by atoms with van der Waals surface area (Å²) in [4.78, 5) is 9.52. The molecule has 0 bridgehead atoms. The molecule has 2 aliphatic rings. The van der Waals surface area contributed by atoms with Crippen LogP contribution in [0.2, 0.25) is 0 Å². The first-order valence-corrected chi connectivity index (χ1v) is 8.72. The lowest BCUT2D eigenvalue weighted by molar-refractivity contribution is 0.628. The Kier molecular flexibility index (Phi) is 3.36. The fourth-order valence-corrected chi connectivity index (χ4v) is 4.30. The van der Waals surface area contributed by atoms with Gasteiger partial charge in [0.25, 0.3) is 0 Å². The van der Waals surface area contributed by atoms with Crippen LogP contribution < -0.4 is 5.73 Å². The number of aromatic nitrogens is 2. The molecule has 3 nitrogen and oxygen atoms in total. The molecule has 0 saturated heterocycles. The molecule has 1 aromatic carbocycles. The first-order valence-electron chi connectivity index (χ1n) is 7.64. The van der Waals surface area contributed by atoms with E-state index in [0.717, 1.165) is 15.8 Å². The van der Waals surface area contributed by atoms with Gasteiger partial charge in [-0.3, -0.25) is 0 Å². The van der Waals surface area contributed by atoms with E-state index in [2.05, 4.69) is 51.8 Å². The smallest absolute Gasteiger partial charge is 0.140 e. The van der Waals surface area contributed by atoms with Crippen LogP contribution in [0.3, 0.4) is 0 Å². The highest BCUT2D eigenvalue weighted by atomic mass is 127. The summed E-state index contributed by atoms with van der Waals surface area (Å²) in [6, 6.07) is 8.58. The molecule has 1 saturated carbocycles. The molecule has 2 N–H and O–H groups in total. The molecule has 0 spiro atoms. The lowest BCUT2D eigenvalue weighted by Gasteiger charge is -2.29. The lowest BCUT2D eigenvalue weighted by Crippen LogP contribution is -2.22. The molecular weight excluding hydrogens is 373 g/mol. The van der Waals surface area contributed by atoms with Crippen molar-refractivity contribution in [3.05, 3.63) is 50.5 Å². The van der Waals surface area contributed by atoms with Gasteiger partial charge in [0.1, 0.15) is 11.6 Å². The molecule has 1 unspecified atom stereocenters. The van der Waals surface area contributed by atoms with Crippen molar-refractivity contribution < 1.29 is 0 Å². The highest BCUT2D eigenvalue weighted by Gasteiger charge is 2.31. The number of nitrogens with zero attached hydrogens (tertiary/aromatic N) is 2. The van der Waals surface area contributed by atoms with Crippen LogP contribution in [0.5, 0.6) is 0 Å². The van der Waals surface area contributed by atoms with Crippen LogP contribution in [0, 0.1) is 3.57 Å².